The molecule has 0 unspecified atom stereocenters. The van der Waals surface area contributed by atoms with Gasteiger partial charge in [0.2, 0.25) is 0 Å². The first-order valence-corrected chi connectivity index (χ1v) is 17.1. The first-order chi connectivity index (χ1) is 16.5. The largest absolute Gasteiger partial charge is 2.00 e. The van der Waals surface area contributed by atoms with Crippen molar-refractivity contribution in [2.24, 2.45) is 9.98 Å². The Morgan fingerprint density at radius 2 is 1.11 bits per heavy atom. The van der Waals surface area contributed by atoms with Crippen LogP contribution in [-0.4, -0.2) is 63.6 Å². The fraction of sp³-hybridized carbons (Fsp3) is 0.636. The molecule has 0 fully saturated rings. The summed E-state index contributed by atoms with van der Waals surface area (Å²) in [7, 11) is 0. The summed E-state index contributed by atoms with van der Waals surface area (Å²) in [6.45, 7) is 8.27. The maximum atomic E-state index is 13.0. The molecule has 0 saturated heterocycles. The maximum absolute atomic E-state index is 13.0. The van der Waals surface area contributed by atoms with Gasteiger partial charge in [0, 0.05) is 22.9 Å². The molecule has 0 aliphatic carbocycles. The van der Waals surface area contributed by atoms with Gasteiger partial charge in [-0.05, 0) is 50.2 Å². The van der Waals surface area contributed by atoms with Crippen molar-refractivity contribution < 1.29 is 26.7 Å². The Hall–Kier alpha value is 0.674. The maximum Gasteiger partial charge on any atom is 2.00 e. The third-order valence-corrected chi connectivity index (χ3v) is 12.9. The summed E-state index contributed by atoms with van der Waals surface area (Å²) >= 11 is 9.65. The molecule has 2 rings (SSSR count). The van der Waals surface area contributed by atoms with E-state index in [1.165, 1.54) is 32.0 Å². The molecule has 0 bridgehead atoms. The van der Waals surface area contributed by atoms with Crippen LogP contribution in [0.2, 0.25) is 0 Å². The van der Waals surface area contributed by atoms with Gasteiger partial charge in [-0.1, -0.05) is 73.7 Å². The summed E-state index contributed by atoms with van der Waals surface area (Å²) in [5.74, 6) is -0.637. The van der Waals surface area contributed by atoms with E-state index in [1.54, 1.807) is 47.0 Å². The molecule has 0 radical (unpaired) electrons. The predicted molar refractivity (Wildman–Crippen MR) is 159 cm³/mol. The summed E-state index contributed by atoms with van der Waals surface area (Å²) < 4.78 is 4.63. The minimum Gasteiger partial charge on any atom is -0.858 e. The van der Waals surface area contributed by atoms with Gasteiger partial charge in [0.05, 0.1) is 30.0 Å². The quantitative estimate of drug-likeness (QED) is 0.110. The van der Waals surface area contributed by atoms with Gasteiger partial charge in [0.25, 0.3) is 0 Å². The van der Waals surface area contributed by atoms with Crippen LogP contribution < -0.4 is 20.8 Å². The molecule has 6 nitrogen and oxygen atoms in total. The van der Waals surface area contributed by atoms with E-state index >= 15 is 0 Å². The minimum atomic E-state index is -0.318. The zero-order valence-corrected chi connectivity index (χ0v) is 26.4. The predicted octanol–water partition coefficient (Wildman–Crippen LogP) is 4.43. The van der Waals surface area contributed by atoms with Gasteiger partial charge >= 0.3 is 16.5 Å². The van der Waals surface area contributed by atoms with Crippen LogP contribution in [0, 0.1) is 0 Å². The van der Waals surface area contributed by atoms with Gasteiger partial charge in [0.15, 0.2) is 0 Å². The van der Waals surface area contributed by atoms with Gasteiger partial charge in [-0.2, -0.15) is 0 Å². The Balaban J connectivity index is 0.00000612. The van der Waals surface area contributed by atoms with Gasteiger partial charge in [0.1, 0.15) is 0 Å². The van der Waals surface area contributed by atoms with Crippen LogP contribution in [0.25, 0.3) is 0 Å². The van der Waals surface area contributed by atoms with Crippen LogP contribution >= 0.6 is 70.6 Å². The molecule has 0 spiro atoms. The Labute approximate surface area is 246 Å². The second-order valence-corrected chi connectivity index (χ2v) is 14.0. The summed E-state index contributed by atoms with van der Waals surface area (Å²) in [6.07, 6.45) is 8.62. The first-order valence-electron chi connectivity index (χ1n) is 11.4. The first kappa shape index (κ1) is 33.7. The third kappa shape index (κ3) is 11.5. The van der Waals surface area contributed by atoms with Crippen LogP contribution in [0.4, 0.5) is 0 Å². The Kier molecular flexibility index (Phi) is 19.0. The number of nitrogens with zero attached hydrogens (tertiary/aromatic N) is 2. The third-order valence-electron chi connectivity index (χ3n) is 4.56. The SMILES string of the molecule is CCCCNCCN=C([O-])C1=C(C([O-])=NCCNCCCC)SC(=C2SC(SC)=C(SC)S2)S1.[Ni+2]. The molecule has 0 aromatic rings. The van der Waals surface area contributed by atoms with Gasteiger partial charge in [-0.3, -0.25) is 9.98 Å². The molecule has 0 aromatic heterocycles. The molecule has 13 heteroatoms. The van der Waals surface area contributed by atoms with Crippen LogP contribution in [0.5, 0.6) is 0 Å². The van der Waals surface area contributed by atoms with Crippen molar-refractivity contribution in [1.82, 2.24) is 10.6 Å². The number of rotatable bonds is 16. The monoisotopic (exact) mass is 636 g/mol. The fourth-order valence-corrected chi connectivity index (χ4v) is 10.5. The summed E-state index contributed by atoms with van der Waals surface area (Å²) in [5.41, 5.74) is 0. The zero-order valence-electron chi connectivity index (χ0n) is 20.5. The fourth-order valence-electron chi connectivity index (χ4n) is 2.74. The smallest absolute Gasteiger partial charge is 0.858 e. The number of unbranched alkanes of at least 4 members (excludes halogenated alkanes) is 2. The Bertz CT molecular complexity index is 771. The summed E-state index contributed by atoms with van der Waals surface area (Å²) in [5, 5.41) is 32.5. The normalized spacial score (nSPS) is 17.1. The van der Waals surface area contributed by atoms with Crippen molar-refractivity contribution in [1.29, 1.82) is 0 Å². The summed E-state index contributed by atoms with van der Waals surface area (Å²) in [4.78, 5) is 9.30. The van der Waals surface area contributed by atoms with Gasteiger partial charge in [-0.15, -0.1) is 23.5 Å². The molecule has 2 N–H and O–H groups in total. The van der Waals surface area contributed by atoms with Crippen molar-refractivity contribution in [3.05, 3.63) is 26.8 Å². The van der Waals surface area contributed by atoms with E-state index in [0.29, 0.717) is 36.0 Å². The van der Waals surface area contributed by atoms with E-state index in [-0.39, 0.29) is 28.3 Å². The molecular weight excluding hydrogens is 603 g/mol. The van der Waals surface area contributed by atoms with Crippen molar-refractivity contribution in [3.8, 4) is 0 Å². The van der Waals surface area contributed by atoms with E-state index in [2.05, 4.69) is 47.0 Å². The molecule has 0 atom stereocenters. The number of hydrogen-bond donors (Lipinski definition) is 2. The van der Waals surface area contributed by atoms with Crippen LogP contribution in [0.1, 0.15) is 39.5 Å². The number of hydrogen-bond acceptors (Lipinski definition) is 12. The van der Waals surface area contributed by atoms with Crippen molar-refractivity contribution >= 4 is 82.4 Å². The summed E-state index contributed by atoms with van der Waals surface area (Å²) in [6, 6.07) is 0. The molecule has 2 heterocycles. The molecule has 2 aliphatic heterocycles. The van der Waals surface area contributed by atoms with E-state index < -0.39 is 0 Å². The van der Waals surface area contributed by atoms with Crippen molar-refractivity contribution in [2.75, 3.05) is 51.8 Å². The average molecular weight is 638 g/mol. The minimum absolute atomic E-state index is 0. The van der Waals surface area contributed by atoms with Crippen LogP contribution in [0.3, 0.4) is 0 Å². The molecule has 0 saturated carbocycles. The number of thioether (sulfide) groups is 6. The topological polar surface area (TPSA) is 94.9 Å². The van der Waals surface area contributed by atoms with Crippen LogP contribution in [-0.2, 0) is 16.5 Å². The second-order valence-electron chi connectivity index (χ2n) is 7.21. The molecule has 0 aromatic carbocycles. The van der Waals surface area contributed by atoms with E-state index in [0.717, 1.165) is 47.2 Å². The molecular formula is C22H34N4NiO2S6. The Morgan fingerprint density at radius 3 is 1.49 bits per heavy atom. The average Bonchev–Trinajstić information content (AvgIpc) is 3.47. The van der Waals surface area contributed by atoms with E-state index in [1.807, 2.05) is 0 Å². The molecule has 0 amide bonds. The number of aliphatic imine (C=N–C) groups is 2. The van der Waals surface area contributed by atoms with Crippen LogP contribution in [0.15, 0.2) is 36.7 Å². The second kappa shape index (κ2) is 19.7. The molecule has 2 aliphatic rings. The van der Waals surface area contributed by atoms with Gasteiger partial charge < -0.3 is 20.8 Å². The molecule has 35 heavy (non-hydrogen) atoms. The zero-order chi connectivity index (χ0) is 24.8. The molecule has 200 valence electrons. The van der Waals surface area contributed by atoms with E-state index in [4.69, 9.17) is 0 Å². The Morgan fingerprint density at radius 1 is 0.714 bits per heavy atom. The van der Waals surface area contributed by atoms with Gasteiger partial charge in [-0.25, -0.2) is 0 Å². The standard InChI is InChI=1S/C22H36N4O2S6.Ni/c1-5-7-9-23-11-13-25-17(27)15-16(18(28)26-14-12-24-10-8-6-2)32-21(31-15)22-33-19(29-3)20(30-4)34-22;/h23-24H,5-14H2,1-4H3,(H,25,27)(H,26,28);/q;+2/p-2. The van der Waals surface area contributed by atoms with Crippen molar-refractivity contribution in [3.63, 3.8) is 0 Å². The number of nitrogens with one attached hydrogen (secondary N) is 2. The van der Waals surface area contributed by atoms with E-state index in [9.17, 15) is 10.2 Å². The van der Waals surface area contributed by atoms with Crippen molar-refractivity contribution in [2.45, 2.75) is 39.5 Å².